The Balaban J connectivity index is 2.00. The first-order chi connectivity index (χ1) is 9.60. The number of aromatic nitrogens is 2. The van der Waals surface area contributed by atoms with E-state index in [1.165, 1.54) is 0 Å². The average molecular weight is 274 g/mol. The third kappa shape index (κ3) is 3.34. The Morgan fingerprint density at radius 1 is 1.35 bits per heavy atom. The van der Waals surface area contributed by atoms with Gasteiger partial charge >= 0.3 is 0 Å². The van der Waals surface area contributed by atoms with Gasteiger partial charge in [0, 0.05) is 24.7 Å². The second-order valence-corrected chi connectivity index (χ2v) is 4.47. The summed E-state index contributed by atoms with van der Waals surface area (Å²) in [6.45, 7) is 6.82. The zero-order chi connectivity index (χ0) is 14.5. The highest BCUT2D eigenvalue weighted by Gasteiger charge is 2.09. The maximum atomic E-state index is 12.0. The molecule has 1 aromatic carbocycles. The van der Waals surface area contributed by atoms with Gasteiger partial charge in [-0.15, -0.1) is 0 Å². The van der Waals surface area contributed by atoms with Gasteiger partial charge in [-0.05, 0) is 37.6 Å². The van der Waals surface area contributed by atoms with Gasteiger partial charge in [0.2, 0.25) is 5.89 Å². The Bertz CT molecular complexity index is 607. The maximum Gasteiger partial charge on any atom is 0.251 e. The molecule has 1 heterocycles. The fraction of sp³-hybridized carbons (Fsp3) is 0.357. The van der Waals surface area contributed by atoms with Crippen molar-refractivity contribution in [3.63, 3.8) is 0 Å². The fourth-order valence-electron chi connectivity index (χ4n) is 1.87. The highest BCUT2D eigenvalue weighted by Crippen LogP contribution is 2.16. The van der Waals surface area contributed by atoms with Crippen LogP contribution in [0.1, 0.15) is 34.6 Å². The van der Waals surface area contributed by atoms with Gasteiger partial charge in [-0.1, -0.05) is 5.16 Å². The first kappa shape index (κ1) is 14.0. The van der Waals surface area contributed by atoms with Gasteiger partial charge in [-0.3, -0.25) is 4.79 Å². The Hall–Kier alpha value is -2.37. The number of carbonyl (C=O) groups excluding carboxylic acids is 1. The minimum Gasteiger partial charge on any atom is -0.385 e. The molecule has 6 nitrogen and oxygen atoms in total. The van der Waals surface area contributed by atoms with Crippen LogP contribution in [0.4, 0.5) is 5.69 Å². The SMILES string of the molecule is CCNc1ccc(C(=O)NCc2noc(C)n2)cc1C. The second-order valence-electron chi connectivity index (χ2n) is 4.47. The van der Waals surface area contributed by atoms with E-state index in [1.54, 1.807) is 13.0 Å². The average Bonchev–Trinajstić information content (AvgIpc) is 2.84. The molecule has 20 heavy (non-hydrogen) atoms. The molecule has 0 radical (unpaired) electrons. The highest BCUT2D eigenvalue weighted by molar-refractivity contribution is 5.94. The first-order valence-electron chi connectivity index (χ1n) is 6.52. The molecule has 0 aliphatic rings. The van der Waals surface area contributed by atoms with E-state index in [9.17, 15) is 4.79 Å². The lowest BCUT2D eigenvalue weighted by Gasteiger charge is -2.09. The topological polar surface area (TPSA) is 80.0 Å². The molecule has 1 aromatic heterocycles. The lowest BCUT2D eigenvalue weighted by molar-refractivity contribution is 0.0949. The monoisotopic (exact) mass is 274 g/mol. The molecule has 0 bridgehead atoms. The molecule has 0 unspecified atom stereocenters. The van der Waals surface area contributed by atoms with E-state index in [1.807, 2.05) is 26.0 Å². The standard InChI is InChI=1S/C14H18N4O2/c1-4-15-12-6-5-11(7-9(12)2)14(19)16-8-13-17-10(3)20-18-13/h5-7,15H,4,8H2,1-3H3,(H,16,19). The number of anilines is 1. The number of hydrogen-bond acceptors (Lipinski definition) is 5. The Kier molecular flexibility index (Phi) is 4.34. The summed E-state index contributed by atoms with van der Waals surface area (Å²) >= 11 is 0. The summed E-state index contributed by atoms with van der Waals surface area (Å²) in [4.78, 5) is 16.1. The number of carbonyl (C=O) groups is 1. The van der Waals surface area contributed by atoms with Crippen LogP contribution in [0.3, 0.4) is 0 Å². The third-order valence-electron chi connectivity index (χ3n) is 2.83. The smallest absolute Gasteiger partial charge is 0.251 e. The molecule has 6 heteroatoms. The summed E-state index contributed by atoms with van der Waals surface area (Å²) in [7, 11) is 0. The molecule has 2 rings (SSSR count). The summed E-state index contributed by atoms with van der Waals surface area (Å²) in [5.41, 5.74) is 2.69. The summed E-state index contributed by atoms with van der Waals surface area (Å²) in [5.74, 6) is 0.801. The van der Waals surface area contributed by atoms with E-state index < -0.39 is 0 Å². The lowest BCUT2D eigenvalue weighted by Crippen LogP contribution is -2.23. The van der Waals surface area contributed by atoms with E-state index in [2.05, 4.69) is 20.8 Å². The van der Waals surface area contributed by atoms with E-state index in [-0.39, 0.29) is 12.5 Å². The molecule has 0 aliphatic carbocycles. The maximum absolute atomic E-state index is 12.0. The predicted octanol–water partition coefficient (Wildman–Crippen LogP) is 2.05. The van der Waals surface area contributed by atoms with Crippen molar-refractivity contribution < 1.29 is 9.32 Å². The van der Waals surface area contributed by atoms with Gasteiger partial charge in [0.1, 0.15) is 0 Å². The van der Waals surface area contributed by atoms with E-state index >= 15 is 0 Å². The highest BCUT2D eigenvalue weighted by atomic mass is 16.5. The second kappa shape index (κ2) is 6.18. The van der Waals surface area contributed by atoms with E-state index in [0.717, 1.165) is 17.8 Å². The van der Waals surface area contributed by atoms with Crippen molar-refractivity contribution in [1.29, 1.82) is 0 Å². The van der Waals surface area contributed by atoms with Crippen molar-refractivity contribution in [2.24, 2.45) is 0 Å². The van der Waals surface area contributed by atoms with Gasteiger partial charge in [0.05, 0.1) is 6.54 Å². The van der Waals surface area contributed by atoms with Crippen LogP contribution in [0.15, 0.2) is 22.7 Å². The van der Waals surface area contributed by atoms with Crippen molar-refractivity contribution in [2.75, 3.05) is 11.9 Å². The van der Waals surface area contributed by atoms with E-state index in [0.29, 0.717) is 17.3 Å². The fourth-order valence-corrected chi connectivity index (χ4v) is 1.87. The Labute approximate surface area is 117 Å². The minimum atomic E-state index is -0.154. The summed E-state index contributed by atoms with van der Waals surface area (Å²) in [6.07, 6.45) is 0. The van der Waals surface area contributed by atoms with Gasteiger partial charge < -0.3 is 15.2 Å². The lowest BCUT2D eigenvalue weighted by atomic mass is 10.1. The van der Waals surface area contributed by atoms with Gasteiger partial charge in [-0.25, -0.2) is 0 Å². The zero-order valence-corrected chi connectivity index (χ0v) is 11.9. The number of nitrogens with zero attached hydrogens (tertiary/aromatic N) is 2. The molecule has 2 N–H and O–H groups in total. The molecule has 0 saturated carbocycles. The molecule has 0 spiro atoms. The van der Waals surface area contributed by atoms with Crippen LogP contribution in [0.25, 0.3) is 0 Å². The zero-order valence-electron chi connectivity index (χ0n) is 11.9. The van der Waals surface area contributed by atoms with Gasteiger partial charge in [0.15, 0.2) is 5.82 Å². The number of aryl methyl sites for hydroxylation is 2. The molecule has 0 aliphatic heterocycles. The van der Waals surface area contributed by atoms with Gasteiger partial charge in [-0.2, -0.15) is 4.98 Å². The predicted molar refractivity (Wildman–Crippen MR) is 75.5 cm³/mol. The number of amides is 1. The Morgan fingerprint density at radius 3 is 2.75 bits per heavy atom. The molecular weight excluding hydrogens is 256 g/mol. The van der Waals surface area contributed by atoms with Crippen LogP contribution in [0, 0.1) is 13.8 Å². The normalized spacial score (nSPS) is 10.3. The van der Waals surface area contributed by atoms with Crippen molar-refractivity contribution in [3.05, 3.63) is 41.0 Å². The quantitative estimate of drug-likeness (QED) is 0.872. The van der Waals surface area contributed by atoms with Crippen LogP contribution < -0.4 is 10.6 Å². The van der Waals surface area contributed by atoms with Crippen LogP contribution in [-0.4, -0.2) is 22.6 Å². The molecular formula is C14H18N4O2. The third-order valence-corrected chi connectivity index (χ3v) is 2.83. The summed E-state index contributed by atoms with van der Waals surface area (Å²) in [6, 6.07) is 5.56. The Morgan fingerprint density at radius 2 is 2.15 bits per heavy atom. The largest absolute Gasteiger partial charge is 0.385 e. The van der Waals surface area contributed by atoms with Crippen LogP contribution in [0.2, 0.25) is 0 Å². The number of benzene rings is 1. The molecule has 2 aromatic rings. The molecule has 0 saturated heterocycles. The summed E-state index contributed by atoms with van der Waals surface area (Å²) in [5, 5.41) is 9.73. The van der Waals surface area contributed by atoms with E-state index in [4.69, 9.17) is 4.52 Å². The van der Waals surface area contributed by atoms with Crippen molar-refractivity contribution in [1.82, 2.24) is 15.5 Å². The van der Waals surface area contributed by atoms with Crippen molar-refractivity contribution in [2.45, 2.75) is 27.3 Å². The van der Waals surface area contributed by atoms with Crippen LogP contribution in [-0.2, 0) is 6.54 Å². The molecule has 0 atom stereocenters. The first-order valence-corrected chi connectivity index (χ1v) is 6.52. The van der Waals surface area contributed by atoms with Crippen molar-refractivity contribution in [3.8, 4) is 0 Å². The number of hydrogen-bond donors (Lipinski definition) is 2. The number of rotatable bonds is 5. The molecule has 106 valence electrons. The van der Waals surface area contributed by atoms with Crippen molar-refractivity contribution >= 4 is 11.6 Å². The van der Waals surface area contributed by atoms with Crippen LogP contribution in [0.5, 0.6) is 0 Å². The minimum absolute atomic E-state index is 0.154. The molecule has 0 fully saturated rings. The number of nitrogens with one attached hydrogen (secondary N) is 2. The summed E-state index contributed by atoms with van der Waals surface area (Å²) < 4.78 is 4.84. The van der Waals surface area contributed by atoms with Gasteiger partial charge in [0.25, 0.3) is 5.91 Å². The molecule has 1 amide bonds. The van der Waals surface area contributed by atoms with Crippen LogP contribution >= 0.6 is 0 Å².